The van der Waals surface area contributed by atoms with Gasteiger partial charge in [0, 0.05) is 24.5 Å². The summed E-state index contributed by atoms with van der Waals surface area (Å²) < 4.78 is 0. The maximum atomic E-state index is 11.3. The van der Waals surface area contributed by atoms with Crippen LogP contribution in [0.5, 0.6) is 0 Å². The van der Waals surface area contributed by atoms with Crippen LogP contribution < -0.4 is 10.6 Å². The van der Waals surface area contributed by atoms with Crippen LogP contribution in [0, 0.1) is 0 Å². The SMILES string of the molecule is CNCCC(=O)NCC(O)c1ccc(Cl)cc1. The van der Waals surface area contributed by atoms with E-state index in [9.17, 15) is 9.90 Å². The van der Waals surface area contributed by atoms with Gasteiger partial charge in [0.1, 0.15) is 0 Å². The molecule has 17 heavy (non-hydrogen) atoms. The Bertz CT molecular complexity index is 354. The van der Waals surface area contributed by atoms with Gasteiger partial charge >= 0.3 is 0 Å². The molecule has 0 radical (unpaired) electrons. The van der Waals surface area contributed by atoms with Crippen molar-refractivity contribution in [3.63, 3.8) is 0 Å². The van der Waals surface area contributed by atoms with Gasteiger partial charge < -0.3 is 15.7 Å². The van der Waals surface area contributed by atoms with Crippen molar-refractivity contribution in [3.8, 4) is 0 Å². The standard InChI is InChI=1S/C12H17ClN2O2/c1-14-7-6-12(17)15-8-11(16)9-2-4-10(13)5-3-9/h2-5,11,14,16H,6-8H2,1H3,(H,15,17). The zero-order valence-electron chi connectivity index (χ0n) is 9.74. The fraction of sp³-hybridized carbons (Fsp3) is 0.417. The molecule has 94 valence electrons. The number of rotatable bonds is 6. The summed E-state index contributed by atoms with van der Waals surface area (Å²) in [6.07, 6.45) is -0.296. The molecule has 1 amide bonds. The van der Waals surface area contributed by atoms with Gasteiger partial charge in [0.2, 0.25) is 5.91 Å². The van der Waals surface area contributed by atoms with Gasteiger partial charge in [0.25, 0.3) is 0 Å². The van der Waals surface area contributed by atoms with Crippen LogP contribution >= 0.6 is 11.6 Å². The maximum Gasteiger partial charge on any atom is 0.221 e. The summed E-state index contributed by atoms with van der Waals surface area (Å²) in [6, 6.07) is 6.91. The summed E-state index contributed by atoms with van der Waals surface area (Å²) in [4.78, 5) is 11.3. The normalized spacial score (nSPS) is 12.2. The molecule has 0 saturated heterocycles. The van der Waals surface area contributed by atoms with Crippen molar-refractivity contribution in [1.82, 2.24) is 10.6 Å². The minimum Gasteiger partial charge on any atom is -0.387 e. The Balaban J connectivity index is 2.36. The van der Waals surface area contributed by atoms with Gasteiger partial charge in [0.15, 0.2) is 0 Å². The first-order valence-electron chi connectivity index (χ1n) is 5.48. The Labute approximate surface area is 106 Å². The minimum atomic E-state index is -0.703. The van der Waals surface area contributed by atoms with Crippen LogP contribution in [0.25, 0.3) is 0 Å². The highest BCUT2D eigenvalue weighted by molar-refractivity contribution is 6.30. The number of halogens is 1. The average Bonchev–Trinajstić information content (AvgIpc) is 2.34. The van der Waals surface area contributed by atoms with E-state index in [1.54, 1.807) is 31.3 Å². The number of aliphatic hydroxyl groups excluding tert-OH is 1. The fourth-order valence-electron chi connectivity index (χ4n) is 1.34. The van der Waals surface area contributed by atoms with E-state index in [1.165, 1.54) is 0 Å². The summed E-state index contributed by atoms with van der Waals surface area (Å²) in [5.41, 5.74) is 0.739. The molecule has 3 N–H and O–H groups in total. The molecule has 1 rings (SSSR count). The lowest BCUT2D eigenvalue weighted by Crippen LogP contribution is -2.30. The molecule has 0 saturated carbocycles. The monoisotopic (exact) mass is 256 g/mol. The van der Waals surface area contributed by atoms with Crippen LogP contribution in [0.1, 0.15) is 18.1 Å². The highest BCUT2D eigenvalue weighted by Crippen LogP contribution is 2.15. The first-order valence-corrected chi connectivity index (χ1v) is 5.86. The molecular formula is C12H17ClN2O2. The lowest BCUT2D eigenvalue weighted by Gasteiger charge is -2.12. The number of hydrogen-bond donors (Lipinski definition) is 3. The van der Waals surface area contributed by atoms with Crippen LogP contribution in [-0.4, -0.2) is 31.2 Å². The van der Waals surface area contributed by atoms with E-state index in [0.29, 0.717) is 18.0 Å². The molecule has 0 spiro atoms. The summed E-state index contributed by atoms with van der Waals surface area (Å²) in [5.74, 6) is -0.0765. The lowest BCUT2D eigenvalue weighted by molar-refractivity contribution is -0.121. The molecule has 1 aromatic carbocycles. The average molecular weight is 257 g/mol. The Morgan fingerprint density at radius 3 is 2.65 bits per heavy atom. The second-order valence-corrected chi connectivity index (χ2v) is 4.16. The summed E-state index contributed by atoms with van der Waals surface area (Å²) in [7, 11) is 1.79. The molecular weight excluding hydrogens is 240 g/mol. The molecule has 0 aromatic heterocycles. The van der Waals surface area contributed by atoms with Crippen LogP contribution in [0.4, 0.5) is 0 Å². The molecule has 5 heteroatoms. The van der Waals surface area contributed by atoms with Gasteiger partial charge in [0.05, 0.1) is 6.10 Å². The van der Waals surface area contributed by atoms with Crippen molar-refractivity contribution >= 4 is 17.5 Å². The van der Waals surface area contributed by atoms with Gasteiger partial charge in [-0.25, -0.2) is 0 Å². The van der Waals surface area contributed by atoms with Crippen molar-refractivity contribution in [2.24, 2.45) is 0 Å². The van der Waals surface area contributed by atoms with Crippen LogP contribution in [0.3, 0.4) is 0 Å². The molecule has 4 nitrogen and oxygen atoms in total. The molecule has 1 aromatic rings. The molecule has 0 aliphatic rings. The Kier molecular flexibility index (Phi) is 5.97. The number of aliphatic hydroxyl groups is 1. The van der Waals surface area contributed by atoms with Crippen molar-refractivity contribution in [2.45, 2.75) is 12.5 Å². The van der Waals surface area contributed by atoms with Gasteiger partial charge in [-0.2, -0.15) is 0 Å². The molecule has 0 bridgehead atoms. The summed E-state index contributed by atoms with van der Waals surface area (Å²) >= 11 is 5.74. The Morgan fingerprint density at radius 1 is 1.41 bits per heavy atom. The number of carbonyl (C=O) groups is 1. The lowest BCUT2D eigenvalue weighted by atomic mass is 10.1. The predicted molar refractivity (Wildman–Crippen MR) is 68.0 cm³/mol. The van der Waals surface area contributed by atoms with Crippen LogP contribution in [0.15, 0.2) is 24.3 Å². The highest BCUT2D eigenvalue weighted by Gasteiger charge is 2.08. The van der Waals surface area contributed by atoms with E-state index in [1.807, 2.05) is 0 Å². The second kappa shape index (κ2) is 7.27. The summed E-state index contributed by atoms with van der Waals surface area (Å²) in [6.45, 7) is 0.840. The van der Waals surface area contributed by atoms with Crippen LogP contribution in [-0.2, 0) is 4.79 Å². The molecule has 1 atom stereocenters. The van der Waals surface area contributed by atoms with Gasteiger partial charge in [-0.15, -0.1) is 0 Å². The van der Waals surface area contributed by atoms with E-state index in [0.717, 1.165) is 5.56 Å². The molecule has 0 aliphatic heterocycles. The zero-order valence-corrected chi connectivity index (χ0v) is 10.5. The second-order valence-electron chi connectivity index (χ2n) is 3.72. The van der Waals surface area contributed by atoms with Crippen LogP contribution in [0.2, 0.25) is 5.02 Å². The van der Waals surface area contributed by atoms with E-state index in [2.05, 4.69) is 10.6 Å². The molecule has 1 unspecified atom stereocenters. The fourth-order valence-corrected chi connectivity index (χ4v) is 1.47. The van der Waals surface area contributed by atoms with E-state index < -0.39 is 6.10 Å². The number of hydrogen-bond acceptors (Lipinski definition) is 3. The van der Waals surface area contributed by atoms with Gasteiger partial charge in [-0.05, 0) is 24.7 Å². The number of benzene rings is 1. The van der Waals surface area contributed by atoms with Gasteiger partial charge in [-0.3, -0.25) is 4.79 Å². The zero-order chi connectivity index (χ0) is 12.7. The Morgan fingerprint density at radius 2 is 2.06 bits per heavy atom. The Hall–Kier alpha value is -1.10. The third-order valence-electron chi connectivity index (χ3n) is 2.35. The summed E-state index contributed by atoms with van der Waals surface area (Å²) in [5, 5.41) is 16.0. The van der Waals surface area contributed by atoms with Gasteiger partial charge in [-0.1, -0.05) is 23.7 Å². The first-order chi connectivity index (χ1) is 8.13. The van der Waals surface area contributed by atoms with Crippen molar-refractivity contribution in [3.05, 3.63) is 34.9 Å². The number of carbonyl (C=O) groups excluding carboxylic acids is 1. The quantitative estimate of drug-likeness (QED) is 0.714. The van der Waals surface area contributed by atoms with E-state index in [4.69, 9.17) is 11.6 Å². The smallest absolute Gasteiger partial charge is 0.221 e. The molecule has 0 heterocycles. The predicted octanol–water partition coefficient (Wildman–Crippen LogP) is 1.10. The van der Waals surface area contributed by atoms with E-state index in [-0.39, 0.29) is 12.5 Å². The first kappa shape index (κ1) is 14.0. The van der Waals surface area contributed by atoms with Crippen molar-refractivity contribution < 1.29 is 9.90 Å². The van der Waals surface area contributed by atoms with Crippen molar-refractivity contribution in [1.29, 1.82) is 0 Å². The largest absolute Gasteiger partial charge is 0.387 e. The molecule has 0 aliphatic carbocycles. The highest BCUT2D eigenvalue weighted by atomic mass is 35.5. The van der Waals surface area contributed by atoms with Crippen molar-refractivity contribution in [2.75, 3.05) is 20.1 Å². The third kappa shape index (κ3) is 5.17. The number of amides is 1. The molecule has 0 fully saturated rings. The van der Waals surface area contributed by atoms with E-state index >= 15 is 0 Å². The topological polar surface area (TPSA) is 61.4 Å². The minimum absolute atomic E-state index is 0.0765. The number of nitrogens with one attached hydrogen (secondary N) is 2. The maximum absolute atomic E-state index is 11.3. The third-order valence-corrected chi connectivity index (χ3v) is 2.60.